The molecule has 0 amide bonds. The molecule has 4 heterocycles. The van der Waals surface area contributed by atoms with Crippen molar-refractivity contribution in [2.75, 3.05) is 6.61 Å². The lowest BCUT2D eigenvalue weighted by Gasteiger charge is -2.18. The maximum atomic E-state index is 10.9. The summed E-state index contributed by atoms with van der Waals surface area (Å²) in [4.78, 5) is 26.3. The number of ether oxygens (including phenoxy) is 1. The Morgan fingerprint density at radius 2 is 2.04 bits per heavy atom. The molecule has 1 aliphatic heterocycles. The molecular weight excluding hydrogens is 379 g/mol. The highest BCUT2D eigenvalue weighted by atomic mass is 31.2. The van der Waals surface area contributed by atoms with Crippen molar-refractivity contribution in [2.24, 2.45) is 7.05 Å². The first-order valence-corrected chi connectivity index (χ1v) is 9.70. The van der Waals surface area contributed by atoms with Crippen LogP contribution in [0.15, 0.2) is 18.6 Å². The van der Waals surface area contributed by atoms with Crippen molar-refractivity contribution in [1.29, 1.82) is 0 Å². The lowest BCUT2D eigenvalue weighted by Crippen LogP contribution is -2.33. The van der Waals surface area contributed by atoms with Crippen LogP contribution in [0.2, 0.25) is 0 Å². The maximum Gasteiger partial charge on any atom is 0.469 e. The summed E-state index contributed by atoms with van der Waals surface area (Å²) < 4.78 is 24.6. The van der Waals surface area contributed by atoms with Gasteiger partial charge in [0.15, 0.2) is 6.23 Å². The van der Waals surface area contributed by atoms with Crippen LogP contribution in [0, 0.1) is 6.92 Å². The number of aryl methyl sites for hydroxylation is 2. The third-order valence-corrected chi connectivity index (χ3v) is 5.28. The predicted octanol–water partition coefficient (Wildman–Crippen LogP) is -0.0401. The van der Waals surface area contributed by atoms with Crippen LogP contribution in [0.4, 0.5) is 0 Å². The fourth-order valence-electron chi connectivity index (χ4n) is 3.56. The lowest BCUT2D eigenvalue weighted by molar-refractivity contribution is -0.0482. The number of phosphoric acid groups is 1. The number of aliphatic hydroxyl groups excluding tert-OH is 2. The molecule has 0 radical (unpaired) electrons. The standard InChI is InChI=1S/C15H19N4O7P/c1-7-10-11-8(3-4-18(11)2)19(14(10)17-6-16-7)15-13(21)12(20)9(26-15)5-25-27(22,23)24/h3-4,6,9,12-13,15,20-21H,5H2,1-2H3,(H2,22,23,24)/t9-,12-,13-,15-/m1/s1. The van der Waals surface area contributed by atoms with Crippen molar-refractivity contribution in [1.82, 2.24) is 19.1 Å². The number of hydrogen-bond donors (Lipinski definition) is 4. The van der Waals surface area contributed by atoms with Gasteiger partial charge in [-0.05, 0) is 13.0 Å². The minimum atomic E-state index is -4.73. The first kappa shape index (κ1) is 18.5. The molecule has 0 spiro atoms. The van der Waals surface area contributed by atoms with Gasteiger partial charge in [-0.25, -0.2) is 14.5 Å². The van der Waals surface area contributed by atoms with E-state index in [9.17, 15) is 14.8 Å². The zero-order chi connectivity index (χ0) is 19.5. The highest BCUT2D eigenvalue weighted by Gasteiger charge is 2.45. The van der Waals surface area contributed by atoms with Gasteiger partial charge in [0.25, 0.3) is 0 Å². The average Bonchev–Trinajstić information content (AvgIpc) is 3.20. The predicted molar refractivity (Wildman–Crippen MR) is 92.7 cm³/mol. The third kappa shape index (κ3) is 2.97. The molecule has 0 aliphatic carbocycles. The minimum absolute atomic E-state index is 0.525. The number of phosphoric ester groups is 1. The molecule has 0 aromatic carbocycles. The van der Waals surface area contributed by atoms with E-state index in [0.717, 1.165) is 22.1 Å². The molecular formula is C15H19N4O7P. The maximum absolute atomic E-state index is 10.9. The summed E-state index contributed by atoms with van der Waals surface area (Å²) in [6.07, 6.45) is -1.61. The van der Waals surface area contributed by atoms with Gasteiger partial charge in [0, 0.05) is 13.2 Å². The Morgan fingerprint density at radius 1 is 1.30 bits per heavy atom. The molecule has 11 nitrogen and oxygen atoms in total. The molecule has 0 saturated carbocycles. The van der Waals surface area contributed by atoms with E-state index in [-0.39, 0.29) is 0 Å². The van der Waals surface area contributed by atoms with E-state index in [2.05, 4.69) is 14.5 Å². The van der Waals surface area contributed by atoms with Gasteiger partial charge >= 0.3 is 7.82 Å². The van der Waals surface area contributed by atoms with E-state index in [1.54, 1.807) is 4.57 Å². The van der Waals surface area contributed by atoms with E-state index in [0.29, 0.717) is 5.65 Å². The Kier molecular flexibility index (Phi) is 4.35. The van der Waals surface area contributed by atoms with Gasteiger partial charge in [0.05, 0.1) is 28.7 Å². The van der Waals surface area contributed by atoms with Crippen molar-refractivity contribution in [2.45, 2.75) is 31.5 Å². The summed E-state index contributed by atoms with van der Waals surface area (Å²) in [6, 6.07) is 1.83. The van der Waals surface area contributed by atoms with Crippen LogP contribution < -0.4 is 0 Å². The fraction of sp³-hybridized carbons (Fsp3) is 0.467. The van der Waals surface area contributed by atoms with Crippen LogP contribution in [0.25, 0.3) is 22.1 Å². The van der Waals surface area contributed by atoms with Crippen LogP contribution in [0.1, 0.15) is 11.9 Å². The number of aromatic nitrogens is 4. The van der Waals surface area contributed by atoms with Gasteiger partial charge < -0.3 is 29.3 Å². The summed E-state index contributed by atoms with van der Waals surface area (Å²) in [5.74, 6) is 0. The third-order valence-electron chi connectivity index (χ3n) is 4.79. The van der Waals surface area contributed by atoms with Crippen molar-refractivity contribution in [3.05, 3.63) is 24.3 Å². The number of fused-ring (bicyclic) bond motifs is 3. The SMILES string of the molecule is Cc1ncnc2c1c1c(ccn1C)n2[C@@H]1O[C@H](COP(=O)(O)O)[C@@H](O)[C@H]1O. The second-order valence-corrected chi connectivity index (χ2v) is 7.76. The molecule has 4 rings (SSSR count). The van der Waals surface area contributed by atoms with Crippen molar-refractivity contribution in [3.63, 3.8) is 0 Å². The molecule has 4 N–H and O–H groups in total. The van der Waals surface area contributed by atoms with E-state index >= 15 is 0 Å². The van der Waals surface area contributed by atoms with Crippen LogP contribution >= 0.6 is 7.82 Å². The van der Waals surface area contributed by atoms with Gasteiger partial charge in [-0.15, -0.1) is 0 Å². The van der Waals surface area contributed by atoms with Crippen molar-refractivity contribution >= 4 is 29.9 Å². The second-order valence-electron chi connectivity index (χ2n) is 6.52. The van der Waals surface area contributed by atoms with Gasteiger partial charge in [0.2, 0.25) is 0 Å². The molecule has 3 aromatic rings. The Morgan fingerprint density at radius 3 is 2.74 bits per heavy atom. The molecule has 4 atom stereocenters. The number of hydrogen-bond acceptors (Lipinski definition) is 7. The summed E-state index contributed by atoms with van der Waals surface area (Å²) in [5.41, 5.74) is 2.85. The Hall–Kier alpha value is -1.85. The Bertz CT molecular complexity index is 1060. The smallest absolute Gasteiger partial charge is 0.387 e. The van der Waals surface area contributed by atoms with Crippen LogP contribution in [0.5, 0.6) is 0 Å². The highest BCUT2D eigenvalue weighted by Crippen LogP contribution is 2.41. The topological polar surface area (TPSA) is 152 Å². The Balaban J connectivity index is 1.80. The normalized spacial score (nSPS) is 26.4. The molecule has 0 unspecified atom stereocenters. The van der Waals surface area contributed by atoms with Crippen LogP contribution in [-0.4, -0.2) is 64.0 Å². The summed E-state index contributed by atoms with van der Waals surface area (Å²) in [6.45, 7) is 1.28. The van der Waals surface area contributed by atoms with Gasteiger partial charge in [0.1, 0.15) is 30.3 Å². The summed E-state index contributed by atoms with van der Waals surface area (Å²) >= 11 is 0. The molecule has 1 saturated heterocycles. The zero-order valence-corrected chi connectivity index (χ0v) is 15.4. The quantitative estimate of drug-likeness (QED) is 0.444. The van der Waals surface area contributed by atoms with Gasteiger partial charge in [-0.1, -0.05) is 0 Å². The first-order valence-electron chi connectivity index (χ1n) is 8.17. The zero-order valence-electron chi connectivity index (χ0n) is 14.5. The number of rotatable bonds is 4. The van der Waals surface area contributed by atoms with Crippen molar-refractivity contribution in [3.8, 4) is 0 Å². The highest BCUT2D eigenvalue weighted by molar-refractivity contribution is 7.46. The summed E-state index contributed by atoms with van der Waals surface area (Å²) in [5, 5.41) is 21.6. The monoisotopic (exact) mass is 398 g/mol. The Labute approximate surface area is 153 Å². The molecule has 3 aromatic heterocycles. The summed E-state index contributed by atoms with van der Waals surface area (Å²) in [7, 11) is -2.86. The van der Waals surface area contributed by atoms with E-state index in [1.807, 2.05) is 30.8 Å². The van der Waals surface area contributed by atoms with Crippen molar-refractivity contribution < 1.29 is 33.8 Å². The van der Waals surface area contributed by atoms with E-state index < -0.39 is 39.0 Å². The first-order chi connectivity index (χ1) is 12.7. The van der Waals surface area contributed by atoms with Gasteiger partial charge in [-0.3, -0.25) is 9.09 Å². The molecule has 27 heavy (non-hydrogen) atoms. The molecule has 12 heteroatoms. The molecule has 1 aliphatic rings. The van der Waals surface area contributed by atoms with Crippen LogP contribution in [0.3, 0.4) is 0 Å². The number of aliphatic hydroxyl groups is 2. The van der Waals surface area contributed by atoms with E-state index in [1.165, 1.54) is 6.33 Å². The van der Waals surface area contributed by atoms with Gasteiger partial charge in [-0.2, -0.15) is 0 Å². The minimum Gasteiger partial charge on any atom is -0.387 e. The largest absolute Gasteiger partial charge is 0.469 e. The molecule has 0 bridgehead atoms. The molecule has 1 fully saturated rings. The number of nitrogens with zero attached hydrogens (tertiary/aromatic N) is 4. The van der Waals surface area contributed by atoms with Crippen LogP contribution in [-0.2, 0) is 20.9 Å². The van der Waals surface area contributed by atoms with E-state index in [4.69, 9.17) is 14.5 Å². The fourth-order valence-corrected chi connectivity index (χ4v) is 3.90. The average molecular weight is 398 g/mol. The lowest BCUT2D eigenvalue weighted by atomic mass is 10.1. The molecule has 146 valence electrons. The second kappa shape index (κ2) is 6.35.